The zero-order valence-corrected chi connectivity index (χ0v) is 16.2. The van der Waals surface area contributed by atoms with Crippen LogP contribution in [0.5, 0.6) is 0 Å². The number of imidazole rings is 1. The largest absolute Gasteiger partial charge is 0.341 e. The molecule has 3 aromatic rings. The van der Waals surface area contributed by atoms with Gasteiger partial charge in [0.05, 0.1) is 11.4 Å². The van der Waals surface area contributed by atoms with Crippen LogP contribution >= 0.6 is 23.1 Å². The van der Waals surface area contributed by atoms with Gasteiger partial charge < -0.3 is 4.90 Å². The van der Waals surface area contributed by atoms with Crippen LogP contribution in [-0.2, 0) is 11.3 Å². The second-order valence-electron chi connectivity index (χ2n) is 5.97. The summed E-state index contributed by atoms with van der Waals surface area (Å²) in [4.78, 5) is 18.6. The summed E-state index contributed by atoms with van der Waals surface area (Å²) in [6, 6.07) is 8.28. The van der Waals surface area contributed by atoms with E-state index in [1.807, 2.05) is 24.7 Å². The van der Waals surface area contributed by atoms with E-state index in [0.717, 1.165) is 10.8 Å². The van der Waals surface area contributed by atoms with Gasteiger partial charge in [-0.1, -0.05) is 23.9 Å². The Hall–Kier alpha value is -2.05. The summed E-state index contributed by atoms with van der Waals surface area (Å²) in [5, 5.41) is 4.94. The van der Waals surface area contributed by atoms with Crippen molar-refractivity contribution in [3.8, 4) is 5.69 Å². The second-order valence-corrected chi connectivity index (χ2v) is 7.69. The Morgan fingerprint density at radius 3 is 2.92 bits per heavy atom. The molecule has 2 heterocycles. The number of carbonyl (C=O) groups excluding carboxylic acids is 1. The predicted molar refractivity (Wildman–Crippen MR) is 105 cm³/mol. The third-order valence-corrected chi connectivity index (χ3v) is 5.88. The van der Waals surface area contributed by atoms with Gasteiger partial charge in [-0.25, -0.2) is 4.98 Å². The highest BCUT2D eigenvalue weighted by molar-refractivity contribution is 7.99. The molecular formula is C19H21N3OS2. The fourth-order valence-corrected chi connectivity index (χ4v) is 4.12. The van der Waals surface area contributed by atoms with E-state index in [4.69, 9.17) is 0 Å². The minimum absolute atomic E-state index is 0.103. The summed E-state index contributed by atoms with van der Waals surface area (Å²) >= 11 is 3.13. The van der Waals surface area contributed by atoms with E-state index in [1.165, 1.54) is 28.5 Å². The number of thiophene rings is 1. The van der Waals surface area contributed by atoms with Crippen molar-refractivity contribution < 1.29 is 4.79 Å². The summed E-state index contributed by atoms with van der Waals surface area (Å²) in [7, 11) is 1.84. The van der Waals surface area contributed by atoms with Gasteiger partial charge in [-0.3, -0.25) is 9.36 Å². The first-order chi connectivity index (χ1) is 12.1. The Morgan fingerprint density at radius 2 is 2.16 bits per heavy atom. The second kappa shape index (κ2) is 7.89. The van der Waals surface area contributed by atoms with Gasteiger partial charge in [0.15, 0.2) is 5.16 Å². The lowest BCUT2D eigenvalue weighted by Gasteiger charge is -2.16. The van der Waals surface area contributed by atoms with Crippen molar-refractivity contribution in [2.45, 2.75) is 25.5 Å². The van der Waals surface area contributed by atoms with Crippen LogP contribution in [0, 0.1) is 13.8 Å². The molecule has 2 aromatic heterocycles. The van der Waals surface area contributed by atoms with Gasteiger partial charge in [-0.05, 0) is 53.4 Å². The molecule has 3 rings (SSSR count). The molecule has 1 aromatic carbocycles. The van der Waals surface area contributed by atoms with Crippen molar-refractivity contribution in [1.29, 1.82) is 0 Å². The maximum Gasteiger partial charge on any atom is 0.233 e. The summed E-state index contributed by atoms with van der Waals surface area (Å²) in [6.07, 6.45) is 3.73. The molecule has 6 heteroatoms. The molecule has 0 bridgehead atoms. The third-order valence-electron chi connectivity index (χ3n) is 4.19. The molecule has 4 nitrogen and oxygen atoms in total. The first-order valence-electron chi connectivity index (χ1n) is 8.04. The lowest BCUT2D eigenvalue weighted by atomic mass is 10.1. The van der Waals surface area contributed by atoms with Crippen molar-refractivity contribution in [1.82, 2.24) is 14.5 Å². The monoisotopic (exact) mass is 371 g/mol. The Labute approximate surface area is 156 Å². The highest BCUT2D eigenvalue weighted by atomic mass is 32.2. The molecule has 0 radical (unpaired) electrons. The van der Waals surface area contributed by atoms with Crippen molar-refractivity contribution in [2.75, 3.05) is 12.8 Å². The fraction of sp³-hybridized carbons (Fsp3) is 0.263. The number of amides is 1. The van der Waals surface area contributed by atoms with Gasteiger partial charge in [-0.2, -0.15) is 11.3 Å². The number of hydrogen-bond acceptors (Lipinski definition) is 4. The van der Waals surface area contributed by atoms with Crippen LogP contribution in [0.1, 0.15) is 16.7 Å². The fourth-order valence-electron chi connectivity index (χ4n) is 2.56. The minimum atomic E-state index is 0.103. The SMILES string of the molecule is Cc1cccc(-n2ccnc2SCC(=O)N(C)Cc2ccsc2)c1C. The maximum atomic E-state index is 12.4. The average Bonchev–Trinajstić information content (AvgIpc) is 3.26. The molecule has 0 saturated carbocycles. The van der Waals surface area contributed by atoms with Crippen LogP contribution in [0.15, 0.2) is 52.6 Å². The van der Waals surface area contributed by atoms with E-state index in [0.29, 0.717) is 12.3 Å². The molecule has 0 aliphatic rings. The zero-order valence-electron chi connectivity index (χ0n) is 14.6. The molecule has 1 amide bonds. The molecule has 0 aliphatic heterocycles. The van der Waals surface area contributed by atoms with Crippen molar-refractivity contribution >= 4 is 29.0 Å². The summed E-state index contributed by atoms with van der Waals surface area (Å²) in [5.41, 5.74) is 4.75. The van der Waals surface area contributed by atoms with E-state index in [2.05, 4.69) is 47.0 Å². The Morgan fingerprint density at radius 1 is 1.32 bits per heavy atom. The number of thioether (sulfide) groups is 1. The van der Waals surface area contributed by atoms with E-state index in [9.17, 15) is 4.79 Å². The smallest absolute Gasteiger partial charge is 0.233 e. The highest BCUT2D eigenvalue weighted by Gasteiger charge is 2.14. The first kappa shape index (κ1) is 17.8. The van der Waals surface area contributed by atoms with E-state index >= 15 is 0 Å². The van der Waals surface area contributed by atoms with Crippen LogP contribution < -0.4 is 0 Å². The number of rotatable bonds is 6. The lowest BCUT2D eigenvalue weighted by Crippen LogP contribution is -2.27. The summed E-state index contributed by atoms with van der Waals surface area (Å²) < 4.78 is 2.05. The van der Waals surface area contributed by atoms with Crippen LogP contribution in [-0.4, -0.2) is 33.2 Å². The number of carbonyl (C=O) groups is 1. The van der Waals surface area contributed by atoms with Crippen molar-refractivity contribution in [3.63, 3.8) is 0 Å². The quantitative estimate of drug-likeness (QED) is 0.606. The van der Waals surface area contributed by atoms with Gasteiger partial charge in [-0.15, -0.1) is 0 Å². The first-order valence-corrected chi connectivity index (χ1v) is 9.97. The van der Waals surface area contributed by atoms with Crippen LogP contribution in [0.4, 0.5) is 0 Å². The maximum absolute atomic E-state index is 12.4. The van der Waals surface area contributed by atoms with Gasteiger partial charge in [0.1, 0.15) is 0 Å². The molecule has 0 aliphatic carbocycles. The molecule has 0 atom stereocenters. The van der Waals surface area contributed by atoms with Gasteiger partial charge in [0.25, 0.3) is 0 Å². The Bertz CT molecular complexity index is 855. The lowest BCUT2D eigenvalue weighted by molar-refractivity contribution is -0.127. The van der Waals surface area contributed by atoms with Gasteiger partial charge in [0.2, 0.25) is 5.91 Å². The topological polar surface area (TPSA) is 38.1 Å². The molecule has 25 heavy (non-hydrogen) atoms. The average molecular weight is 372 g/mol. The van der Waals surface area contributed by atoms with E-state index in [1.54, 1.807) is 22.4 Å². The van der Waals surface area contributed by atoms with Crippen molar-refractivity contribution in [3.05, 3.63) is 64.1 Å². The number of aromatic nitrogens is 2. The summed E-state index contributed by atoms with van der Waals surface area (Å²) in [6.45, 7) is 4.86. The normalized spacial score (nSPS) is 10.8. The third kappa shape index (κ3) is 4.14. The number of aryl methyl sites for hydroxylation is 1. The summed E-state index contributed by atoms with van der Waals surface area (Å²) in [5.74, 6) is 0.481. The molecule has 130 valence electrons. The Kier molecular flexibility index (Phi) is 5.60. The van der Waals surface area contributed by atoms with Crippen LogP contribution in [0.2, 0.25) is 0 Å². The molecule has 0 N–H and O–H groups in total. The minimum Gasteiger partial charge on any atom is -0.341 e. The molecule has 0 spiro atoms. The van der Waals surface area contributed by atoms with E-state index < -0.39 is 0 Å². The van der Waals surface area contributed by atoms with Crippen LogP contribution in [0.25, 0.3) is 5.69 Å². The van der Waals surface area contributed by atoms with Crippen LogP contribution in [0.3, 0.4) is 0 Å². The Balaban J connectivity index is 1.67. The number of hydrogen-bond donors (Lipinski definition) is 0. The molecular weight excluding hydrogens is 350 g/mol. The van der Waals surface area contributed by atoms with Crippen molar-refractivity contribution in [2.24, 2.45) is 0 Å². The van der Waals surface area contributed by atoms with Gasteiger partial charge in [0, 0.05) is 26.0 Å². The predicted octanol–water partition coefficient (Wildman–Crippen LogP) is 4.30. The molecule has 0 unspecified atom stereocenters. The number of nitrogens with zero attached hydrogens (tertiary/aromatic N) is 3. The molecule has 0 saturated heterocycles. The van der Waals surface area contributed by atoms with E-state index in [-0.39, 0.29) is 5.91 Å². The van der Waals surface area contributed by atoms with Gasteiger partial charge >= 0.3 is 0 Å². The zero-order chi connectivity index (χ0) is 17.8. The highest BCUT2D eigenvalue weighted by Crippen LogP contribution is 2.24. The number of benzene rings is 1. The standard InChI is InChI=1S/C19H21N3OS2/c1-14-5-4-6-17(15(14)2)22-9-8-20-19(22)25-13-18(23)21(3)11-16-7-10-24-12-16/h4-10,12H,11,13H2,1-3H3. The molecule has 0 fully saturated rings.